The highest BCUT2D eigenvalue weighted by Gasteiger charge is 2.07. The molecule has 0 fully saturated rings. The van der Waals surface area contributed by atoms with Crippen LogP contribution >= 0.6 is 11.5 Å². The van der Waals surface area contributed by atoms with Crippen molar-refractivity contribution in [3.8, 4) is 5.75 Å². The number of aryl methyl sites for hydroxylation is 1. The van der Waals surface area contributed by atoms with Gasteiger partial charge in [0.25, 0.3) is 5.91 Å². The fraction of sp³-hybridized carbons (Fsp3) is 0.250. The molecule has 1 N–H and O–H groups in total. The minimum atomic E-state index is -0.243. The van der Waals surface area contributed by atoms with Gasteiger partial charge in [-0.3, -0.25) is 10.1 Å². The Bertz CT molecular complexity index is 540. The van der Waals surface area contributed by atoms with Gasteiger partial charge in [0.15, 0.2) is 6.61 Å². The molecular formula is C12H13N3O2S. The van der Waals surface area contributed by atoms with Crippen LogP contribution in [0.1, 0.15) is 11.1 Å². The molecule has 0 aliphatic heterocycles. The largest absolute Gasteiger partial charge is 0.483 e. The average molecular weight is 263 g/mol. The first kappa shape index (κ1) is 12.5. The summed E-state index contributed by atoms with van der Waals surface area (Å²) in [6.07, 6.45) is 1.39. The van der Waals surface area contributed by atoms with Crippen LogP contribution in [0.5, 0.6) is 5.75 Å². The first-order valence-electron chi connectivity index (χ1n) is 5.42. The number of hydrogen-bond acceptors (Lipinski definition) is 5. The fourth-order valence-corrected chi connectivity index (χ4v) is 1.86. The Kier molecular flexibility index (Phi) is 3.88. The quantitative estimate of drug-likeness (QED) is 0.918. The van der Waals surface area contributed by atoms with Crippen molar-refractivity contribution in [2.75, 3.05) is 11.9 Å². The summed E-state index contributed by atoms with van der Waals surface area (Å²) in [5.41, 5.74) is 2.18. The summed E-state index contributed by atoms with van der Waals surface area (Å²) >= 11 is 1.13. The summed E-state index contributed by atoms with van der Waals surface area (Å²) in [4.78, 5) is 15.4. The number of hydrogen-bond donors (Lipinski definition) is 1. The number of carbonyl (C=O) groups excluding carboxylic acids is 1. The zero-order valence-electron chi connectivity index (χ0n) is 10.1. The van der Waals surface area contributed by atoms with Gasteiger partial charge in [-0.15, -0.1) is 0 Å². The molecule has 18 heavy (non-hydrogen) atoms. The lowest BCUT2D eigenvalue weighted by atomic mass is 10.1. The molecule has 2 aromatic rings. The standard InChI is InChI=1S/C12H13N3O2S/c1-8-4-3-5-10(9(8)2)17-6-11(16)15-12-13-7-14-18-12/h3-5,7H,6H2,1-2H3,(H,13,14,15,16). The van der Waals surface area contributed by atoms with Gasteiger partial charge in [0.1, 0.15) is 12.1 Å². The van der Waals surface area contributed by atoms with Crippen LogP contribution in [0.3, 0.4) is 0 Å². The molecule has 0 saturated heterocycles. The van der Waals surface area contributed by atoms with Crippen molar-refractivity contribution in [2.24, 2.45) is 0 Å². The van der Waals surface area contributed by atoms with Gasteiger partial charge in [-0.2, -0.15) is 4.37 Å². The first-order chi connectivity index (χ1) is 8.66. The second kappa shape index (κ2) is 5.59. The molecule has 1 aromatic heterocycles. The second-order valence-electron chi connectivity index (χ2n) is 3.78. The van der Waals surface area contributed by atoms with Gasteiger partial charge in [0.05, 0.1) is 0 Å². The summed E-state index contributed by atoms with van der Waals surface area (Å²) in [5, 5.41) is 3.08. The molecule has 2 rings (SSSR count). The van der Waals surface area contributed by atoms with Gasteiger partial charge >= 0.3 is 0 Å². The van der Waals surface area contributed by atoms with Crippen LogP contribution in [0, 0.1) is 13.8 Å². The molecule has 0 aliphatic carbocycles. The van der Waals surface area contributed by atoms with Crippen molar-refractivity contribution in [2.45, 2.75) is 13.8 Å². The number of amides is 1. The van der Waals surface area contributed by atoms with E-state index in [0.717, 1.165) is 28.4 Å². The monoisotopic (exact) mass is 263 g/mol. The molecule has 0 saturated carbocycles. The zero-order chi connectivity index (χ0) is 13.0. The van der Waals surface area contributed by atoms with E-state index in [-0.39, 0.29) is 12.5 Å². The molecule has 0 aliphatic rings. The van der Waals surface area contributed by atoms with Crippen LogP contribution in [-0.4, -0.2) is 21.9 Å². The summed E-state index contributed by atoms with van der Waals surface area (Å²) in [5.74, 6) is 0.482. The van der Waals surface area contributed by atoms with E-state index in [0.29, 0.717) is 5.13 Å². The van der Waals surface area contributed by atoms with Gasteiger partial charge < -0.3 is 4.74 Å². The highest BCUT2D eigenvalue weighted by Crippen LogP contribution is 2.20. The van der Waals surface area contributed by atoms with Crippen LogP contribution in [0.25, 0.3) is 0 Å². The number of ether oxygens (including phenoxy) is 1. The van der Waals surface area contributed by atoms with Crippen LogP contribution < -0.4 is 10.1 Å². The topological polar surface area (TPSA) is 64.1 Å². The highest BCUT2D eigenvalue weighted by molar-refractivity contribution is 7.09. The Balaban J connectivity index is 1.91. The molecule has 1 amide bonds. The number of aromatic nitrogens is 2. The Labute approximate surface area is 109 Å². The molecule has 0 radical (unpaired) electrons. The zero-order valence-corrected chi connectivity index (χ0v) is 11.0. The normalized spacial score (nSPS) is 10.1. The average Bonchev–Trinajstić information content (AvgIpc) is 2.84. The highest BCUT2D eigenvalue weighted by atomic mass is 32.1. The number of anilines is 1. The van der Waals surface area contributed by atoms with Gasteiger partial charge in [0.2, 0.25) is 5.13 Å². The van der Waals surface area contributed by atoms with Crippen molar-refractivity contribution in [3.63, 3.8) is 0 Å². The maximum atomic E-state index is 11.6. The van der Waals surface area contributed by atoms with Gasteiger partial charge in [0, 0.05) is 11.5 Å². The lowest BCUT2D eigenvalue weighted by Gasteiger charge is -2.10. The van der Waals surface area contributed by atoms with E-state index < -0.39 is 0 Å². The number of carbonyl (C=O) groups is 1. The van der Waals surface area contributed by atoms with E-state index in [4.69, 9.17) is 4.74 Å². The van der Waals surface area contributed by atoms with Crippen LogP contribution in [-0.2, 0) is 4.79 Å². The smallest absolute Gasteiger partial charge is 0.264 e. The Morgan fingerprint density at radius 2 is 2.28 bits per heavy atom. The van der Waals surface area contributed by atoms with Gasteiger partial charge in [-0.25, -0.2) is 4.98 Å². The Morgan fingerprint density at radius 1 is 1.44 bits per heavy atom. The second-order valence-corrected chi connectivity index (χ2v) is 4.56. The van der Waals surface area contributed by atoms with E-state index in [9.17, 15) is 4.79 Å². The first-order valence-corrected chi connectivity index (χ1v) is 6.19. The predicted octanol–water partition coefficient (Wildman–Crippen LogP) is 2.17. The third-order valence-electron chi connectivity index (χ3n) is 2.52. The van der Waals surface area contributed by atoms with E-state index in [2.05, 4.69) is 14.7 Å². The van der Waals surface area contributed by atoms with Crippen molar-refractivity contribution in [1.82, 2.24) is 9.36 Å². The van der Waals surface area contributed by atoms with E-state index in [1.807, 2.05) is 32.0 Å². The molecular weight excluding hydrogens is 250 g/mol. The maximum absolute atomic E-state index is 11.6. The lowest BCUT2D eigenvalue weighted by Crippen LogP contribution is -2.20. The van der Waals surface area contributed by atoms with Crippen molar-refractivity contribution in [1.29, 1.82) is 0 Å². The summed E-state index contributed by atoms with van der Waals surface area (Å²) < 4.78 is 9.27. The minimum Gasteiger partial charge on any atom is -0.483 e. The Hall–Kier alpha value is -1.95. The van der Waals surface area contributed by atoms with Crippen LogP contribution in [0.2, 0.25) is 0 Å². The molecule has 0 atom stereocenters. The summed E-state index contributed by atoms with van der Waals surface area (Å²) in [7, 11) is 0. The molecule has 1 aromatic carbocycles. The van der Waals surface area contributed by atoms with Crippen molar-refractivity contribution >= 4 is 22.6 Å². The predicted molar refractivity (Wildman–Crippen MR) is 69.9 cm³/mol. The Morgan fingerprint density at radius 3 is 3.00 bits per heavy atom. The summed E-state index contributed by atoms with van der Waals surface area (Å²) in [6.45, 7) is 3.93. The number of nitrogens with zero attached hydrogens (tertiary/aromatic N) is 2. The van der Waals surface area contributed by atoms with Crippen LogP contribution in [0.15, 0.2) is 24.5 Å². The number of benzene rings is 1. The summed E-state index contributed by atoms with van der Waals surface area (Å²) in [6, 6.07) is 5.75. The third-order valence-corrected chi connectivity index (χ3v) is 3.10. The molecule has 1 heterocycles. The van der Waals surface area contributed by atoms with Gasteiger partial charge in [-0.05, 0) is 31.0 Å². The van der Waals surface area contributed by atoms with Gasteiger partial charge in [-0.1, -0.05) is 12.1 Å². The van der Waals surface area contributed by atoms with Crippen LogP contribution in [0.4, 0.5) is 5.13 Å². The number of rotatable bonds is 4. The van der Waals surface area contributed by atoms with E-state index in [1.165, 1.54) is 6.33 Å². The molecule has 5 nitrogen and oxygen atoms in total. The van der Waals surface area contributed by atoms with E-state index >= 15 is 0 Å². The molecule has 0 spiro atoms. The molecule has 6 heteroatoms. The van der Waals surface area contributed by atoms with Crippen molar-refractivity contribution < 1.29 is 9.53 Å². The third kappa shape index (κ3) is 3.04. The van der Waals surface area contributed by atoms with Crippen molar-refractivity contribution in [3.05, 3.63) is 35.7 Å². The SMILES string of the molecule is Cc1cccc(OCC(=O)Nc2ncns2)c1C. The minimum absolute atomic E-state index is 0.0378. The maximum Gasteiger partial charge on any atom is 0.264 e. The number of nitrogens with one attached hydrogen (secondary N) is 1. The fourth-order valence-electron chi connectivity index (χ4n) is 1.41. The molecule has 0 unspecified atom stereocenters. The molecule has 94 valence electrons. The molecule has 0 bridgehead atoms. The van der Waals surface area contributed by atoms with E-state index in [1.54, 1.807) is 0 Å². The lowest BCUT2D eigenvalue weighted by molar-refractivity contribution is -0.118.